The molecule has 0 heterocycles. The molecule has 92 valence electrons. The second-order valence-electron chi connectivity index (χ2n) is 4.01. The fourth-order valence-electron chi connectivity index (χ4n) is 1.78. The zero-order valence-electron chi connectivity index (χ0n) is 10.2. The summed E-state index contributed by atoms with van der Waals surface area (Å²) >= 11 is 6.11. The minimum atomic E-state index is -0.127. The zero-order chi connectivity index (χ0) is 13.1. The lowest BCUT2D eigenvalue weighted by molar-refractivity contribution is 0.103. The molecule has 0 saturated carbocycles. The van der Waals surface area contributed by atoms with Crippen LogP contribution in [0.15, 0.2) is 42.5 Å². The third-order valence-corrected chi connectivity index (χ3v) is 3.03. The summed E-state index contributed by atoms with van der Waals surface area (Å²) in [5, 5.41) is 0.464. The number of aryl methyl sites for hydroxylation is 1. The first-order chi connectivity index (χ1) is 8.63. The van der Waals surface area contributed by atoms with Gasteiger partial charge in [-0.1, -0.05) is 29.8 Å². The van der Waals surface area contributed by atoms with E-state index in [0.29, 0.717) is 21.9 Å². The number of benzene rings is 2. The smallest absolute Gasteiger partial charge is 0.198 e. The molecule has 0 aliphatic rings. The lowest BCUT2D eigenvalue weighted by atomic mass is 10.0. The minimum Gasteiger partial charge on any atom is -0.496 e. The van der Waals surface area contributed by atoms with E-state index in [-0.39, 0.29) is 5.78 Å². The highest BCUT2D eigenvalue weighted by Gasteiger charge is 2.16. The summed E-state index contributed by atoms with van der Waals surface area (Å²) in [6, 6.07) is 12.5. The van der Waals surface area contributed by atoms with Crippen molar-refractivity contribution in [3.05, 3.63) is 64.2 Å². The number of hydrogen-bond acceptors (Lipinski definition) is 2. The Morgan fingerprint density at radius 3 is 2.50 bits per heavy atom. The van der Waals surface area contributed by atoms with Crippen molar-refractivity contribution in [1.82, 2.24) is 0 Å². The molecule has 0 bridgehead atoms. The van der Waals surface area contributed by atoms with Crippen LogP contribution in [0, 0.1) is 6.92 Å². The normalized spacial score (nSPS) is 10.2. The van der Waals surface area contributed by atoms with Gasteiger partial charge in [-0.25, -0.2) is 0 Å². The number of carbonyl (C=O) groups excluding carboxylic acids is 1. The molecule has 0 N–H and O–H groups in total. The van der Waals surface area contributed by atoms with Crippen LogP contribution in [0.4, 0.5) is 0 Å². The topological polar surface area (TPSA) is 26.3 Å². The van der Waals surface area contributed by atoms with Gasteiger partial charge in [0, 0.05) is 5.56 Å². The van der Waals surface area contributed by atoms with Crippen molar-refractivity contribution in [2.24, 2.45) is 0 Å². The van der Waals surface area contributed by atoms with Crippen LogP contribution in [0.3, 0.4) is 0 Å². The molecule has 0 aromatic heterocycles. The average Bonchev–Trinajstić information content (AvgIpc) is 2.38. The first kappa shape index (κ1) is 12.7. The largest absolute Gasteiger partial charge is 0.496 e. The van der Waals surface area contributed by atoms with Crippen LogP contribution < -0.4 is 4.74 Å². The highest BCUT2D eigenvalue weighted by Crippen LogP contribution is 2.25. The highest BCUT2D eigenvalue weighted by molar-refractivity contribution is 6.35. The van der Waals surface area contributed by atoms with Gasteiger partial charge < -0.3 is 4.74 Å². The third kappa shape index (κ3) is 2.39. The van der Waals surface area contributed by atoms with E-state index in [1.165, 1.54) is 0 Å². The molecule has 0 amide bonds. The number of hydrogen-bond donors (Lipinski definition) is 0. The van der Waals surface area contributed by atoms with E-state index in [1.807, 2.05) is 19.1 Å². The highest BCUT2D eigenvalue weighted by atomic mass is 35.5. The molecule has 0 fully saturated rings. The van der Waals surface area contributed by atoms with Gasteiger partial charge in [-0.05, 0) is 36.8 Å². The third-order valence-electron chi connectivity index (χ3n) is 2.72. The summed E-state index contributed by atoms with van der Waals surface area (Å²) < 4.78 is 5.19. The lowest BCUT2D eigenvalue weighted by Crippen LogP contribution is -2.04. The molecule has 0 atom stereocenters. The minimum absolute atomic E-state index is 0.127. The van der Waals surface area contributed by atoms with Crippen LogP contribution in [0.25, 0.3) is 0 Å². The van der Waals surface area contributed by atoms with Gasteiger partial charge in [0.15, 0.2) is 5.78 Å². The van der Waals surface area contributed by atoms with E-state index in [1.54, 1.807) is 37.4 Å². The van der Waals surface area contributed by atoms with Crippen molar-refractivity contribution >= 4 is 17.4 Å². The fraction of sp³-hybridized carbons (Fsp3) is 0.133. The first-order valence-corrected chi connectivity index (χ1v) is 5.95. The number of ketones is 1. The summed E-state index contributed by atoms with van der Waals surface area (Å²) in [7, 11) is 1.54. The SMILES string of the molecule is COc1ccccc1C(=O)c1ccc(C)cc1Cl. The van der Waals surface area contributed by atoms with E-state index in [0.717, 1.165) is 5.56 Å². The fourth-order valence-corrected chi connectivity index (χ4v) is 2.10. The second kappa shape index (κ2) is 5.23. The molecular formula is C15H13ClO2. The molecule has 2 aromatic rings. The van der Waals surface area contributed by atoms with Crippen molar-refractivity contribution in [3.8, 4) is 5.75 Å². The predicted octanol–water partition coefficient (Wildman–Crippen LogP) is 3.89. The van der Waals surface area contributed by atoms with Gasteiger partial charge in [0.25, 0.3) is 0 Å². The maximum absolute atomic E-state index is 12.4. The predicted molar refractivity (Wildman–Crippen MR) is 72.6 cm³/mol. The molecule has 0 radical (unpaired) electrons. The molecular weight excluding hydrogens is 248 g/mol. The Bertz CT molecular complexity index is 591. The summed E-state index contributed by atoms with van der Waals surface area (Å²) in [5.41, 5.74) is 2.04. The summed E-state index contributed by atoms with van der Waals surface area (Å²) in [6.07, 6.45) is 0. The molecule has 2 rings (SSSR count). The van der Waals surface area contributed by atoms with Gasteiger partial charge in [0.1, 0.15) is 5.75 Å². The Hall–Kier alpha value is -1.80. The number of halogens is 1. The standard InChI is InChI=1S/C15H13ClO2/c1-10-7-8-11(13(16)9-10)15(17)12-5-3-4-6-14(12)18-2/h3-9H,1-2H3. The molecule has 3 heteroatoms. The number of methoxy groups -OCH3 is 1. The van der Waals surface area contributed by atoms with E-state index in [9.17, 15) is 4.79 Å². The summed E-state index contributed by atoms with van der Waals surface area (Å²) in [4.78, 5) is 12.4. The van der Waals surface area contributed by atoms with Gasteiger partial charge in [-0.2, -0.15) is 0 Å². The van der Waals surface area contributed by atoms with Gasteiger partial charge in [-0.15, -0.1) is 0 Å². The Kier molecular flexibility index (Phi) is 3.68. The van der Waals surface area contributed by atoms with Gasteiger partial charge in [0.05, 0.1) is 17.7 Å². The van der Waals surface area contributed by atoms with E-state index in [4.69, 9.17) is 16.3 Å². The Labute approximate surface area is 111 Å². The molecule has 0 saturated heterocycles. The van der Waals surface area contributed by atoms with Crippen LogP contribution in [-0.4, -0.2) is 12.9 Å². The Morgan fingerprint density at radius 1 is 1.11 bits per heavy atom. The Balaban J connectivity index is 2.48. The van der Waals surface area contributed by atoms with Crippen molar-refractivity contribution < 1.29 is 9.53 Å². The van der Waals surface area contributed by atoms with Crippen molar-refractivity contribution in [2.75, 3.05) is 7.11 Å². The quantitative estimate of drug-likeness (QED) is 0.783. The van der Waals surface area contributed by atoms with Crippen LogP contribution in [0.5, 0.6) is 5.75 Å². The van der Waals surface area contributed by atoms with Crippen LogP contribution in [-0.2, 0) is 0 Å². The maximum atomic E-state index is 12.4. The summed E-state index contributed by atoms with van der Waals surface area (Å²) in [5.74, 6) is 0.427. The molecule has 18 heavy (non-hydrogen) atoms. The molecule has 0 aliphatic heterocycles. The van der Waals surface area contributed by atoms with Gasteiger partial charge >= 0.3 is 0 Å². The van der Waals surface area contributed by atoms with Gasteiger partial charge in [-0.3, -0.25) is 4.79 Å². The average molecular weight is 261 g/mol. The van der Waals surface area contributed by atoms with Crippen molar-refractivity contribution in [3.63, 3.8) is 0 Å². The monoisotopic (exact) mass is 260 g/mol. The molecule has 0 aliphatic carbocycles. The zero-order valence-corrected chi connectivity index (χ0v) is 11.0. The van der Waals surface area contributed by atoms with Crippen molar-refractivity contribution in [2.45, 2.75) is 6.92 Å². The molecule has 0 unspecified atom stereocenters. The van der Waals surface area contributed by atoms with Crippen LogP contribution >= 0.6 is 11.6 Å². The lowest BCUT2D eigenvalue weighted by Gasteiger charge is -2.08. The van der Waals surface area contributed by atoms with E-state index >= 15 is 0 Å². The molecule has 2 aromatic carbocycles. The second-order valence-corrected chi connectivity index (χ2v) is 4.42. The van der Waals surface area contributed by atoms with E-state index < -0.39 is 0 Å². The van der Waals surface area contributed by atoms with Crippen LogP contribution in [0.2, 0.25) is 5.02 Å². The number of para-hydroxylation sites is 1. The maximum Gasteiger partial charge on any atom is 0.198 e. The molecule has 2 nitrogen and oxygen atoms in total. The Morgan fingerprint density at radius 2 is 1.83 bits per heavy atom. The van der Waals surface area contributed by atoms with Crippen LogP contribution in [0.1, 0.15) is 21.5 Å². The van der Waals surface area contributed by atoms with E-state index in [2.05, 4.69) is 0 Å². The number of rotatable bonds is 3. The number of carbonyl (C=O) groups is 1. The summed E-state index contributed by atoms with van der Waals surface area (Å²) in [6.45, 7) is 1.93. The molecule has 0 spiro atoms. The van der Waals surface area contributed by atoms with Crippen molar-refractivity contribution in [1.29, 1.82) is 0 Å². The first-order valence-electron chi connectivity index (χ1n) is 5.57. The number of ether oxygens (including phenoxy) is 1. The van der Waals surface area contributed by atoms with Gasteiger partial charge in [0.2, 0.25) is 0 Å².